The van der Waals surface area contributed by atoms with Crippen LogP contribution < -0.4 is 15.8 Å². The van der Waals surface area contributed by atoms with E-state index in [4.69, 9.17) is 4.74 Å². The van der Waals surface area contributed by atoms with Crippen molar-refractivity contribution in [2.45, 2.75) is 37.4 Å². The Hall–Kier alpha value is -4.57. The molecule has 5 rings (SSSR count). The predicted octanol–water partition coefficient (Wildman–Crippen LogP) is 5.45. The molecule has 1 fully saturated rings. The molecule has 1 aliphatic heterocycles. The molecule has 1 saturated heterocycles. The molecule has 2 N–H and O–H groups in total. The summed E-state index contributed by atoms with van der Waals surface area (Å²) in [7, 11) is 1.28. The van der Waals surface area contributed by atoms with Gasteiger partial charge in [-0.2, -0.15) is 26.3 Å². The zero-order valence-electron chi connectivity index (χ0n) is 24.4. The summed E-state index contributed by atoms with van der Waals surface area (Å²) in [6.45, 7) is -1.72. The maximum Gasteiger partial charge on any atom is 0.417 e. The van der Waals surface area contributed by atoms with E-state index in [-0.39, 0.29) is 41.7 Å². The van der Waals surface area contributed by atoms with Gasteiger partial charge in [-0.05, 0) is 41.6 Å². The van der Waals surface area contributed by atoms with E-state index in [9.17, 15) is 41.0 Å². The van der Waals surface area contributed by atoms with Crippen molar-refractivity contribution in [1.82, 2.24) is 14.9 Å². The second kappa shape index (κ2) is 12.9. The van der Waals surface area contributed by atoms with Gasteiger partial charge in [0.15, 0.2) is 0 Å². The molecule has 3 heterocycles. The van der Waals surface area contributed by atoms with Crippen LogP contribution >= 0.6 is 0 Å². The van der Waals surface area contributed by atoms with E-state index in [0.717, 1.165) is 33.9 Å². The number of carboxylic acid groups (broad SMARTS) is 1. The first-order chi connectivity index (χ1) is 22.1. The Balaban J connectivity index is 1.43. The van der Waals surface area contributed by atoms with Crippen molar-refractivity contribution in [3.05, 3.63) is 93.5 Å². The summed E-state index contributed by atoms with van der Waals surface area (Å²) < 4.78 is 118. The number of rotatable bonds is 8. The van der Waals surface area contributed by atoms with Crippen LogP contribution in [0.5, 0.6) is 0 Å². The lowest BCUT2D eigenvalue weighted by atomic mass is 9.95. The van der Waals surface area contributed by atoms with Crippen molar-refractivity contribution in [3.8, 4) is 11.3 Å². The van der Waals surface area contributed by atoms with E-state index in [1.165, 1.54) is 37.5 Å². The van der Waals surface area contributed by atoms with E-state index < -0.39 is 77.4 Å². The molecule has 0 unspecified atom stereocenters. The molecule has 2 atom stereocenters. The van der Waals surface area contributed by atoms with Gasteiger partial charge < -0.3 is 19.3 Å². The van der Waals surface area contributed by atoms with Gasteiger partial charge in [-0.25, -0.2) is 8.78 Å². The smallest absolute Gasteiger partial charge is 0.417 e. The number of aromatic nitrogens is 2. The predicted molar refractivity (Wildman–Crippen MR) is 154 cm³/mol. The highest BCUT2D eigenvalue weighted by atomic mass is 19.4. The highest BCUT2D eigenvalue weighted by molar-refractivity contribution is 5.97. The highest BCUT2D eigenvalue weighted by Gasteiger charge is 2.45. The van der Waals surface area contributed by atoms with Crippen molar-refractivity contribution in [2.75, 3.05) is 24.7 Å². The molecule has 4 aromatic rings. The monoisotopic (exact) mass is 670 g/mol. The molecule has 8 nitrogen and oxygen atoms in total. The second-order valence-electron chi connectivity index (χ2n) is 10.9. The average Bonchev–Trinajstić information content (AvgIpc) is 3.00. The summed E-state index contributed by atoms with van der Waals surface area (Å²) in [6.07, 6.45) is -7.75. The first kappa shape index (κ1) is 33.8. The van der Waals surface area contributed by atoms with E-state index in [0.29, 0.717) is 5.56 Å². The zero-order valence-corrected chi connectivity index (χ0v) is 24.4. The third-order valence-electron chi connectivity index (χ3n) is 7.92. The van der Waals surface area contributed by atoms with Crippen LogP contribution in [0.25, 0.3) is 22.0 Å². The normalized spacial score (nSPS) is 16.4. The Kier molecular flexibility index (Phi) is 9.28. The van der Waals surface area contributed by atoms with Crippen molar-refractivity contribution < 1.29 is 49.8 Å². The van der Waals surface area contributed by atoms with Crippen LogP contribution in [0, 0.1) is 11.6 Å². The number of halogens is 8. The number of carboxylic acids is 1. The van der Waals surface area contributed by atoms with Gasteiger partial charge in [-0.1, -0.05) is 18.2 Å². The molecular formula is C31H26F8N4O4. The van der Waals surface area contributed by atoms with Gasteiger partial charge in [0.25, 0.3) is 5.56 Å². The number of morpholine rings is 1. The topological polar surface area (TPSA) is 96.7 Å². The van der Waals surface area contributed by atoms with Crippen LogP contribution in [0.1, 0.15) is 16.7 Å². The molecule has 0 bridgehead atoms. The molecule has 47 heavy (non-hydrogen) atoms. The highest BCUT2D eigenvalue weighted by Crippen LogP contribution is 2.37. The van der Waals surface area contributed by atoms with Gasteiger partial charge >= 0.3 is 18.3 Å². The van der Waals surface area contributed by atoms with Gasteiger partial charge in [0.1, 0.15) is 23.7 Å². The number of pyridine rings is 2. The van der Waals surface area contributed by atoms with Gasteiger partial charge in [-0.3, -0.25) is 19.9 Å². The first-order valence-electron chi connectivity index (χ1n) is 14.1. The summed E-state index contributed by atoms with van der Waals surface area (Å²) in [5.74, 6) is -3.82. The molecule has 1 aliphatic rings. The Morgan fingerprint density at radius 1 is 1.09 bits per heavy atom. The number of benzene rings is 2. The molecule has 0 spiro atoms. The minimum absolute atomic E-state index is 0.0867. The molecule has 0 aliphatic carbocycles. The molecule has 250 valence electrons. The number of carbonyl (C=O) groups is 1. The summed E-state index contributed by atoms with van der Waals surface area (Å²) in [4.78, 5) is 29.9. The Labute approximate surface area is 261 Å². The quantitative estimate of drug-likeness (QED) is 0.241. The number of aryl methyl sites for hydroxylation is 1. The van der Waals surface area contributed by atoms with Crippen molar-refractivity contribution >= 4 is 22.4 Å². The molecule has 0 amide bonds. The number of ether oxygens (including phenoxy) is 1. The maximum absolute atomic E-state index is 15.1. The number of nitrogens with zero attached hydrogens (tertiary/aromatic N) is 3. The third-order valence-corrected chi connectivity index (χ3v) is 7.92. The molecule has 2 aromatic carbocycles. The number of hydrogen-bond acceptors (Lipinski definition) is 6. The Morgan fingerprint density at radius 2 is 1.79 bits per heavy atom. The molecule has 16 heteroatoms. The first-order valence-corrected chi connectivity index (χ1v) is 14.1. The van der Waals surface area contributed by atoms with Gasteiger partial charge in [0, 0.05) is 49.2 Å². The number of hydrogen-bond donors (Lipinski definition) is 2. The fourth-order valence-corrected chi connectivity index (χ4v) is 5.54. The molecule has 2 aromatic heterocycles. The SMILES string of the molecule is Cn1ccc(C(F)(F)F)c(-c2nccc3c(C[C@H](NCc4c(F)cc(N5CCOC[C@H]5C(F)(F)F)cc4F)C(=O)O)cccc23)c1=O. The average molecular weight is 671 g/mol. The molecule has 0 radical (unpaired) electrons. The fraction of sp³-hybridized carbons (Fsp3) is 0.323. The number of aliphatic carboxylic acids is 1. The summed E-state index contributed by atoms with van der Waals surface area (Å²) >= 11 is 0. The second-order valence-corrected chi connectivity index (χ2v) is 10.9. The van der Waals surface area contributed by atoms with Crippen molar-refractivity contribution in [1.29, 1.82) is 0 Å². The summed E-state index contributed by atoms with van der Waals surface area (Å²) in [5, 5.41) is 12.9. The van der Waals surface area contributed by atoms with Crippen LogP contribution in [0.3, 0.4) is 0 Å². The number of nitrogens with one attached hydrogen (secondary N) is 1. The van der Waals surface area contributed by atoms with E-state index in [1.54, 1.807) is 0 Å². The van der Waals surface area contributed by atoms with Crippen LogP contribution in [-0.2, 0) is 35.7 Å². The fourth-order valence-electron chi connectivity index (χ4n) is 5.54. The Morgan fingerprint density at radius 3 is 2.43 bits per heavy atom. The maximum atomic E-state index is 15.1. The third kappa shape index (κ3) is 6.93. The van der Waals surface area contributed by atoms with E-state index in [2.05, 4.69) is 10.3 Å². The van der Waals surface area contributed by atoms with Crippen LogP contribution in [0.15, 0.2) is 59.7 Å². The molecular weight excluding hydrogens is 644 g/mol. The van der Waals surface area contributed by atoms with Crippen LogP contribution in [0.2, 0.25) is 0 Å². The van der Waals surface area contributed by atoms with E-state index in [1.807, 2.05) is 0 Å². The summed E-state index contributed by atoms with van der Waals surface area (Å²) in [6, 6.07) is 4.47. The van der Waals surface area contributed by atoms with Gasteiger partial charge in [0.2, 0.25) is 0 Å². The largest absolute Gasteiger partial charge is 0.480 e. The van der Waals surface area contributed by atoms with Crippen LogP contribution in [0.4, 0.5) is 40.8 Å². The lowest BCUT2D eigenvalue weighted by Crippen LogP contribution is -2.53. The van der Waals surface area contributed by atoms with Gasteiger partial charge in [-0.15, -0.1) is 0 Å². The number of anilines is 1. The Bertz CT molecular complexity index is 1850. The molecule has 0 saturated carbocycles. The lowest BCUT2D eigenvalue weighted by Gasteiger charge is -2.38. The van der Waals surface area contributed by atoms with E-state index >= 15 is 8.78 Å². The van der Waals surface area contributed by atoms with Crippen molar-refractivity contribution in [3.63, 3.8) is 0 Å². The lowest BCUT2D eigenvalue weighted by molar-refractivity contribution is -0.167. The standard InChI is InChI=1S/C31H26F8N4O4/c1-42-8-6-21(30(34,35)36)26(28(42)44)27-19-4-2-3-16(18(19)5-7-40-27)11-24(29(45)46)41-14-20-22(32)12-17(13-23(20)33)43-9-10-47-15-25(43)31(37,38)39/h2-8,12-13,24-25,41H,9-11,14-15H2,1H3,(H,45,46)/t24-,25-/m0/s1. The number of fused-ring (bicyclic) bond motifs is 1. The minimum atomic E-state index is -4.88. The van der Waals surface area contributed by atoms with Crippen molar-refractivity contribution in [2.24, 2.45) is 7.05 Å². The zero-order chi connectivity index (χ0) is 34.3. The minimum Gasteiger partial charge on any atom is -0.480 e. The van der Waals surface area contributed by atoms with Crippen LogP contribution in [-0.4, -0.2) is 58.6 Å². The summed E-state index contributed by atoms with van der Waals surface area (Å²) in [5.41, 5.74) is -3.76. The number of alkyl halides is 6. The van der Waals surface area contributed by atoms with Gasteiger partial charge in [0.05, 0.1) is 30.0 Å².